The zero-order chi connectivity index (χ0) is 18.0. The van der Waals surface area contributed by atoms with Gasteiger partial charge in [0.1, 0.15) is 18.1 Å². The van der Waals surface area contributed by atoms with Crippen LogP contribution in [0.4, 0.5) is 5.69 Å². The minimum absolute atomic E-state index is 0.570. The minimum atomic E-state index is 0.570. The molecule has 0 aromatic heterocycles. The van der Waals surface area contributed by atoms with E-state index in [4.69, 9.17) is 21.1 Å². The van der Waals surface area contributed by atoms with Gasteiger partial charge in [0.2, 0.25) is 0 Å². The number of anilines is 1. The molecule has 3 aromatic carbocycles. The van der Waals surface area contributed by atoms with Gasteiger partial charge in [0.25, 0.3) is 0 Å². The van der Waals surface area contributed by atoms with E-state index >= 15 is 0 Å². The Morgan fingerprint density at radius 1 is 0.731 bits per heavy atom. The third-order valence-electron chi connectivity index (χ3n) is 3.85. The molecule has 3 rings (SSSR count). The summed E-state index contributed by atoms with van der Waals surface area (Å²) in [6.45, 7) is 1.93. The summed E-state index contributed by atoms with van der Waals surface area (Å²) in [5.74, 6) is 1.68. The molecule has 0 heterocycles. The molecule has 0 atom stereocenters. The molecule has 0 saturated heterocycles. The van der Waals surface area contributed by atoms with Crippen LogP contribution in [0.1, 0.15) is 5.56 Å². The molecule has 3 aromatic rings. The average molecular weight is 368 g/mol. The summed E-state index contributed by atoms with van der Waals surface area (Å²) < 4.78 is 11.5. The molecule has 0 saturated carbocycles. The normalized spacial score (nSPS) is 10.3. The molecule has 0 amide bonds. The summed E-state index contributed by atoms with van der Waals surface area (Å²) in [5, 5.41) is 4.05. The number of benzene rings is 3. The summed E-state index contributed by atoms with van der Waals surface area (Å²) in [7, 11) is 0. The Balaban J connectivity index is 1.40. The van der Waals surface area contributed by atoms with Gasteiger partial charge in [-0.2, -0.15) is 0 Å². The van der Waals surface area contributed by atoms with Crippen LogP contribution in [0.5, 0.6) is 11.5 Å². The molecule has 0 radical (unpaired) electrons. The fraction of sp³-hybridized carbons (Fsp3) is 0.182. The second kappa shape index (κ2) is 9.73. The summed E-state index contributed by atoms with van der Waals surface area (Å²) in [5.41, 5.74) is 2.29. The Morgan fingerprint density at radius 3 is 2.31 bits per heavy atom. The fourth-order valence-corrected chi connectivity index (χ4v) is 2.65. The van der Waals surface area contributed by atoms with Gasteiger partial charge in [0.05, 0.1) is 6.61 Å². The first-order chi connectivity index (χ1) is 12.8. The molecular formula is C22H22ClNO2. The Hall–Kier alpha value is -2.65. The van der Waals surface area contributed by atoms with Crippen molar-refractivity contribution in [3.8, 4) is 11.5 Å². The number of hydrogen-bond donors (Lipinski definition) is 1. The first-order valence-electron chi connectivity index (χ1n) is 8.69. The highest BCUT2D eigenvalue weighted by Gasteiger charge is 1.99. The molecule has 0 spiro atoms. The summed E-state index contributed by atoms with van der Waals surface area (Å²) in [4.78, 5) is 0. The van der Waals surface area contributed by atoms with Crippen molar-refractivity contribution < 1.29 is 9.47 Å². The van der Waals surface area contributed by atoms with Crippen molar-refractivity contribution in [3.63, 3.8) is 0 Å². The molecule has 0 aliphatic rings. The quantitative estimate of drug-likeness (QED) is 0.510. The lowest BCUT2D eigenvalue weighted by atomic mass is 10.2. The van der Waals surface area contributed by atoms with Gasteiger partial charge in [-0.15, -0.1) is 0 Å². The number of ether oxygens (including phenoxy) is 2. The molecule has 26 heavy (non-hydrogen) atoms. The van der Waals surface area contributed by atoms with Crippen molar-refractivity contribution in [1.29, 1.82) is 0 Å². The minimum Gasteiger partial charge on any atom is -0.493 e. The van der Waals surface area contributed by atoms with E-state index in [2.05, 4.69) is 17.4 Å². The predicted molar refractivity (Wildman–Crippen MR) is 108 cm³/mol. The molecule has 3 nitrogen and oxygen atoms in total. The van der Waals surface area contributed by atoms with Crippen LogP contribution in [0, 0.1) is 0 Å². The van der Waals surface area contributed by atoms with Gasteiger partial charge in [-0.1, -0.05) is 48.0 Å². The van der Waals surface area contributed by atoms with Crippen LogP contribution in [0.2, 0.25) is 5.02 Å². The van der Waals surface area contributed by atoms with E-state index in [1.807, 2.05) is 66.7 Å². The highest BCUT2D eigenvalue weighted by molar-refractivity contribution is 6.30. The van der Waals surface area contributed by atoms with Gasteiger partial charge in [-0.05, 0) is 42.0 Å². The molecular weight excluding hydrogens is 346 g/mol. The highest BCUT2D eigenvalue weighted by atomic mass is 35.5. The number of nitrogens with one attached hydrogen (secondary N) is 1. The van der Waals surface area contributed by atoms with E-state index in [9.17, 15) is 0 Å². The van der Waals surface area contributed by atoms with Gasteiger partial charge in [-0.25, -0.2) is 0 Å². The third-order valence-corrected chi connectivity index (χ3v) is 4.10. The molecule has 1 N–H and O–H groups in total. The Bertz CT molecular complexity index is 791. The van der Waals surface area contributed by atoms with E-state index in [1.54, 1.807) is 0 Å². The molecule has 4 heteroatoms. The van der Waals surface area contributed by atoms with Gasteiger partial charge in [-0.3, -0.25) is 0 Å². The van der Waals surface area contributed by atoms with E-state index in [1.165, 1.54) is 5.56 Å². The first-order valence-corrected chi connectivity index (χ1v) is 9.06. The van der Waals surface area contributed by atoms with Crippen LogP contribution < -0.4 is 14.8 Å². The Kier molecular flexibility index (Phi) is 6.80. The number of halogens is 1. The second-order valence-corrected chi connectivity index (χ2v) is 6.28. The van der Waals surface area contributed by atoms with E-state index in [0.717, 1.165) is 23.6 Å². The van der Waals surface area contributed by atoms with Crippen molar-refractivity contribution in [2.45, 2.75) is 6.42 Å². The smallest absolute Gasteiger partial charge is 0.121 e. The van der Waals surface area contributed by atoms with Crippen LogP contribution in [-0.2, 0) is 6.42 Å². The molecule has 0 fully saturated rings. The van der Waals surface area contributed by atoms with Gasteiger partial charge in [0, 0.05) is 29.7 Å². The van der Waals surface area contributed by atoms with Gasteiger partial charge in [0.15, 0.2) is 0 Å². The van der Waals surface area contributed by atoms with Crippen LogP contribution in [0.25, 0.3) is 0 Å². The van der Waals surface area contributed by atoms with Crippen molar-refractivity contribution in [2.75, 3.05) is 25.1 Å². The second-order valence-electron chi connectivity index (χ2n) is 5.84. The van der Waals surface area contributed by atoms with E-state index in [-0.39, 0.29) is 0 Å². The van der Waals surface area contributed by atoms with Gasteiger partial charge < -0.3 is 14.8 Å². The SMILES string of the molecule is Clc1ccc(OCCNc2cccc(OCCc3ccccc3)c2)cc1. The van der Waals surface area contributed by atoms with Crippen LogP contribution >= 0.6 is 11.6 Å². The highest BCUT2D eigenvalue weighted by Crippen LogP contribution is 2.18. The lowest BCUT2D eigenvalue weighted by Crippen LogP contribution is -2.11. The van der Waals surface area contributed by atoms with Crippen molar-refractivity contribution in [1.82, 2.24) is 0 Å². The van der Waals surface area contributed by atoms with Crippen LogP contribution in [0.15, 0.2) is 78.9 Å². The van der Waals surface area contributed by atoms with Crippen molar-refractivity contribution in [3.05, 3.63) is 89.4 Å². The third kappa shape index (κ3) is 6.01. The zero-order valence-electron chi connectivity index (χ0n) is 14.5. The summed E-state index contributed by atoms with van der Waals surface area (Å²) in [6, 6.07) is 25.7. The van der Waals surface area contributed by atoms with Crippen LogP contribution in [0.3, 0.4) is 0 Å². The zero-order valence-corrected chi connectivity index (χ0v) is 15.3. The average Bonchev–Trinajstić information content (AvgIpc) is 2.68. The van der Waals surface area contributed by atoms with Gasteiger partial charge >= 0.3 is 0 Å². The Labute approximate surface area is 159 Å². The maximum absolute atomic E-state index is 5.86. The largest absolute Gasteiger partial charge is 0.493 e. The topological polar surface area (TPSA) is 30.5 Å². The maximum Gasteiger partial charge on any atom is 0.121 e. The number of rotatable bonds is 9. The van der Waals surface area contributed by atoms with E-state index in [0.29, 0.717) is 24.8 Å². The lowest BCUT2D eigenvalue weighted by Gasteiger charge is -2.11. The molecule has 0 unspecified atom stereocenters. The lowest BCUT2D eigenvalue weighted by molar-refractivity contribution is 0.322. The standard InChI is InChI=1S/C22H22ClNO2/c23-19-9-11-21(12-10-19)26-16-14-24-20-7-4-8-22(17-20)25-15-13-18-5-2-1-3-6-18/h1-12,17,24H,13-16H2. The van der Waals surface area contributed by atoms with E-state index < -0.39 is 0 Å². The maximum atomic E-state index is 5.86. The predicted octanol–water partition coefficient (Wildman–Crippen LogP) is 5.45. The summed E-state index contributed by atoms with van der Waals surface area (Å²) in [6.07, 6.45) is 0.896. The molecule has 0 bridgehead atoms. The molecule has 0 aliphatic carbocycles. The Morgan fingerprint density at radius 2 is 1.50 bits per heavy atom. The molecule has 0 aliphatic heterocycles. The van der Waals surface area contributed by atoms with Crippen molar-refractivity contribution in [2.24, 2.45) is 0 Å². The molecule has 134 valence electrons. The monoisotopic (exact) mass is 367 g/mol. The van der Waals surface area contributed by atoms with Crippen molar-refractivity contribution >= 4 is 17.3 Å². The van der Waals surface area contributed by atoms with Crippen LogP contribution in [-0.4, -0.2) is 19.8 Å². The fourth-order valence-electron chi connectivity index (χ4n) is 2.52. The summed E-state index contributed by atoms with van der Waals surface area (Å²) >= 11 is 5.86. The number of hydrogen-bond acceptors (Lipinski definition) is 3. The first kappa shape index (κ1) is 18.2.